The zero-order chi connectivity index (χ0) is 15.1. The predicted molar refractivity (Wildman–Crippen MR) is 75.6 cm³/mol. The minimum absolute atomic E-state index is 0.126. The van der Waals surface area contributed by atoms with Crippen molar-refractivity contribution in [2.45, 2.75) is 33.2 Å². The van der Waals surface area contributed by atoms with Crippen LogP contribution in [0.2, 0.25) is 0 Å². The van der Waals surface area contributed by atoms with Gasteiger partial charge in [0.1, 0.15) is 11.8 Å². The highest BCUT2D eigenvalue weighted by Gasteiger charge is 2.19. The highest BCUT2D eigenvalue weighted by Crippen LogP contribution is 2.21. The van der Waals surface area contributed by atoms with Crippen LogP contribution in [-0.4, -0.2) is 31.6 Å². The van der Waals surface area contributed by atoms with Crippen LogP contribution in [0.15, 0.2) is 18.2 Å². The summed E-state index contributed by atoms with van der Waals surface area (Å²) in [6, 6.07) is 5.14. The first-order valence-corrected chi connectivity index (χ1v) is 6.55. The van der Waals surface area contributed by atoms with E-state index in [9.17, 15) is 9.59 Å². The average Bonchev–Trinajstić information content (AvgIpc) is 2.43. The van der Waals surface area contributed by atoms with Crippen molar-refractivity contribution in [2.75, 3.05) is 13.7 Å². The number of nitrogens with one attached hydrogen (secondary N) is 1. The van der Waals surface area contributed by atoms with Gasteiger partial charge in [-0.2, -0.15) is 0 Å². The van der Waals surface area contributed by atoms with E-state index >= 15 is 0 Å². The molecule has 0 fully saturated rings. The summed E-state index contributed by atoms with van der Waals surface area (Å²) in [6.07, 6.45) is 0.474. The van der Waals surface area contributed by atoms with Crippen molar-refractivity contribution in [3.63, 3.8) is 0 Å². The number of aryl methyl sites for hydroxylation is 2. The monoisotopic (exact) mass is 279 g/mol. The Labute approximate surface area is 119 Å². The Morgan fingerprint density at radius 3 is 2.35 bits per heavy atom. The summed E-state index contributed by atoms with van der Waals surface area (Å²) in [5.74, 6) is -0.0911. The average molecular weight is 279 g/mol. The molecule has 1 aromatic carbocycles. The Kier molecular flexibility index (Phi) is 6.03. The number of carbonyl (C=O) groups excluding carboxylic acids is 2. The molecule has 20 heavy (non-hydrogen) atoms. The molecule has 0 radical (unpaired) electrons. The molecule has 5 heteroatoms. The molecule has 0 spiro atoms. The summed E-state index contributed by atoms with van der Waals surface area (Å²) in [6.45, 7) is 5.51. The van der Waals surface area contributed by atoms with Gasteiger partial charge in [-0.1, -0.05) is 25.1 Å². The van der Waals surface area contributed by atoms with E-state index in [0.29, 0.717) is 12.2 Å². The van der Waals surface area contributed by atoms with Crippen LogP contribution in [0.25, 0.3) is 0 Å². The molecular formula is C15H21NO4. The van der Waals surface area contributed by atoms with Crippen LogP contribution < -0.4 is 10.1 Å². The number of hydrogen-bond acceptors (Lipinski definition) is 4. The van der Waals surface area contributed by atoms with E-state index in [1.54, 1.807) is 6.92 Å². The molecule has 0 aliphatic carbocycles. The summed E-state index contributed by atoms with van der Waals surface area (Å²) in [5.41, 5.74) is 1.94. The maximum atomic E-state index is 11.8. The van der Waals surface area contributed by atoms with Gasteiger partial charge >= 0.3 is 5.97 Å². The molecule has 1 atom stereocenters. The molecule has 0 aliphatic heterocycles. The van der Waals surface area contributed by atoms with E-state index in [1.165, 1.54) is 7.11 Å². The van der Waals surface area contributed by atoms with Crippen LogP contribution in [0.4, 0.5) is 0 Å². The number of hydrogen-bond donors (Lipinski definition) is 1. The Morgan fingerprint density at radius 2 is 1.85 bits per heavy atom. The minimum atomic E-state index is -0.630. The van der Waals surface area contributed by atoms with Crippen molar-refractivity contribution in [2.24, 2.45) is 0 Å². The van der Waals surface area contributed by atoms with Crippen LogP contribution in [0.5, 0.6) is 5.75 Å². The van der Waals surface area contributed by atoms with E-state index in [0.717, 1.165) is 11.1 Å². The maximum Gasteiger partial charge on any atom is 0.328 e. The number of rotatable bonds is 6. The van der Waals surface area contributed by atoms with Crippen LogP contribution >= 0.6 is 0 Å². The third-order valence-corrected chi connectivity index (χ3v) is 2.99. The van der Waals surface area contributed by atoms with E-state index in [2.05, 4.69) is 10.1 Å². The summed E-state index contributed by atoms with van der Waals surface area (Å²) >= 11 is 0. The second-order valence-electron chi connectivity index (χ2n) is 4.56. The third-order valence-electron chi connectivity index (χ3n) is 2.99. The topological polar surface area (TPSA) is 64.6 Å². The van der Waals surface area contributed by atoms with Crippen LogP contribution in [0.3, 0.4) is 0 Å². The van der Waals surface area contributed by atoms with Crippen LogP contribution in [0, 0.1) is 13.8 Å². The molecule has 1 unspecified atom stereocenters. The molecule has 0 saturated heterocycles. The van der Waals surface area contributed by atoms with Gasteiger partial charge in [-0.25, -0.2) is 4.79 Å². The van der Waals surface area contributed by atoms with Gasteiger partial charge < -0.3 is 14.8 Å². The Morgan fingerprint density at radius 1 is 1.25 bits per heavy atom. The number of benzene rings is 1. The van der Waals surface area contributed by atoms with E-state index in [-0.39, 0.29) is 12.5 Å². The molecule has 0 saturated carbocycles. The lowest BCUT2D eigenvalue weighted by atomic mass is 10.1. The smallest absolute Gasteiger partial charge is 0.328 e. The first-order valence-electron chi connectivity index (χ1n) is 6.55. The first kappa shape index (κ1) is 16.0. The van der Waals surface area contributed by atoms with Crippen molar-refractivity contribution in [3.8, 4) is 5.75 Å². The molecule has 110 valence electrons. The minimum Gasteiger partial charge on any atom is -0.483 e. The van der Waals surface area contributed by atoms with Crippen molar-refractivity contribution in [1.29, 1.82) is 0 Å². The maximum absolute atomic E-state index is 11.8. The normalized spacial score (nSPS) is 11.6. The standard InChI is InChI=1S/C15H21NO4/c1-5-12(15(18)19-4)16-13(17)9-20-14-10(2)7-6-8-11(14)3/h6-8,12H,5,9H2,1-4H3,(H,16,17). The lowest BCUT2D eigenvalue weighted by Crippen LogP contribution is -2.43. The van der Waals surface area contributed by atoms with Gasteiger partial charge in [-0.05, 0) is 31.4 Å². The van der Waals surface area contributed by atoms with Crippen molar-refractivity contribution >= 4 is 11.9 Å². The number of methoxy groups -OCH3 is 1. The van der Waals surface area contributed by atoms with Crippen LogP contribution in [0.1, 0.15) is 24.5 Å². The predicted octanol–water partition coefficient (Wildman–Crippen LogP) is 1.75. The zero-order valence-corrected chi connectivity index (χ0v) is 12.4. The van der Waals surface area contributed by atoms with Crippen LogP contribution in [-0.2, 0) is 14.3 Å². The number of carbonyl (C=O) groups is 2. The second kappa shape index (κ2) is 7.53. The Balaban J connectivity index is 2.57. The summed E-state index contributed by atoms with van der Waals surface area (Å²) < 4.78 is 10.1. The van der Waals surface area contributed by atoms with Gasteiger partial charge in [0.2, 0.25) is 0 Å². The first-order chi connectivity index (χ1) is 9.49. The summed E-state index contributed by atoms with van der Waals surface area (Å²) in [4.78, 5) is 23.2. The van der Waals surface area contributed by atoms with E-state index < -0.39 is 12.0 Å². The van der Waals surface area contributed by atoms with Crippen molar-refractivity contribution in [1.82, 2.24) is 5.32 Å². The quantitative estimate of drug-likeness (QED) is 0.806. The molecule has 5 nitrogen and oxygen atoms in total. The molecule has 0 aliphatic rings. The highest BCUT2D eigenvalue weighted by molar-refractivity contribution is 5.85. The van der Waals surface area contributed by atoms with Gasteiger partial charge in [0.25, 0.3) is 5.91 Å². The highest BCUT2D eigenvalue weighted by atomic mass is 16.5. The molecule has 1 rings (SSSR count). The van der Waals surface area contributed by atoms with Crippen molar-refractivity contribution in [3.05, 3.63) is 29.3 Å². The SMILES string of the molecule is CCC(NC(=O)COc1c(C)cccc1C)C(=O)OC. The molecule has 1 amide bonds. The number of ether oxygens (including phenoxy) is 2. The Bertz CT molecular complexity index is 465. The number of amides is 1. The fourth-order valence-electron chi connectivity index (χ4n) is 1.87. The molecule has 1 aromatic rings. The molecule has 0 heterocycles. The second-order valence-corrected chi connectivity index (χ2v) is 4.56. The molecule has 1 N–H and O–H groups in total. The zero-order valence-electron chi connectivity index (χ0n) is 12.4. The fraction of sp³-hybridized carbons (Fsp3) is 0.467. The van der Waals surface area contributed by atoms with Gasteiger partial charge in [-0.15, -0.1) is 0 Å². The lowest BCUT2D eigenvalue weighted by molar-refractivity contribution is -0.145. The third kappa shape index (κ3) is 4.26. The van der Waals surface area contributed by atoms with Gasteiger partial charge in [0.05, 0.1) is 7.11 Å². The summed E-state index contributed by atoms with van der Waals surface area (Å²) in [7, 11) is 1.30. The number of esters is 1. The van der Waals surface area contributed by atoms with Gasteiger partial charge in [0.15, 0.2) is 6.61 Å². The van der Waals surface area contributed by atoms with E-state index in [4.69, 9.17) is 4.74 Å². The molecular weight excluding hydrogens is 258 g/mol. The lowest BCUT2D eigenvalue weighted by Gasteiger charge is -2.16. The van der Waals surface area contributed by atoms with E-state index in [1.807, 2.05) is 32.0 Å². The largest absolute Gasteiger partial charge is 0.483 e. The van der Waals surface area contributed by atoms with Gasteiger partial charge in [0, 0.05) is 0 Å². The fourth-order valence-corrected chi connectivity index (χ4v) is 1.87. The molecule has 0 aromatic heterocycles. The number of para-hydroxylation sites is 1. The van der Waals surface area contributed by atoms with Gasteiger partial charge in [-0.3, -0.25) is 4.79 Å². The molecule has 0 bridgehead atoms. The Hall–Kier alpha value is -2.04. The van der Waals surface area contributed by atoms with Crippen molar-refractivity contribution < 1.29 is 19.1 Å². The summed E-state index contributed by atoms with van der Waals surface area (Å²) in [5, 5.41) is 2.59.